The van der Waals surface area contributed by atoms with Gasteiger partial charge in [0.25, 0.3) is 5.91 Å². The van der Waals surface area contributed by atoms with Crippen molar-refractivity contribution in [2.75, 3.05) is 6.54 Å². The van der Waals surface area contributed by atoms with Gasteiger partial charge in [-0.15, -0.1) is 22.7 Å². The van der Waals surface area contributed by atoms with Gasteiger partial charge in [0.15, 0.2) is 0 Å². The molecule has 1 amide bonds. The molecule has 0 fully saturated rings. The van der Waals surface area contributed by atoms with Crippen LogP contribution in [0.15, 0.2) is 10.9 Å². The molecule has 2 heterocycles. The number of aromatic nitrogens is 2. The minimum Gasteiger partial charge on any atom is -0.350 e. The number of thiazole rings is 2. The van der Waals surface area contributed by atoms with Crippen molar-refractivity contribution in [2.24, 2.45) is 0 Å². The van der Waals surface area contributed by atoms with Gasteiger partial charge in [0, 0.05) is 23.2 Å². The summed E-state index contributed by atoms with van der Waals surface area (Å²) in [6.45, 7) is 0.628. The SMILES string of the molecule is O=C(NCCc1nc2c(s1)CCC2)c1cscn1. The quantitative estimate of drug-likeness (QED) is 0.932. The smallest absolute Gasteiger partial charge is 0.270 e. The number of carbonyl (C=O) groups is 1. The molecule has 0 bridgehead atoms. The molecule has 3 rings (SSSR count). The molecule has 0 saturated carbocycles. The summed E-state index contributed by atoms with van der Waals surface area (Å²) >= 11 is 3.23. The van der Waals surface area contributed by atoms with E-state index < -0.39 is 0 Å². The van der Waals surface area contributed by atoms with Gasteiger partial charge in [-0.25, -0.2) is 9.97 Å². The summed E-state index contributed by atoms with van der Waals surface area (Å²) < 4.78 is 0. The van der Waals surface area contributed by atoms with Gasteiger partial charge >= 0.3 is 0 Å². The first-order valence-corrected chi connectivity index (χ1v) is 7.72. The number of rotatable bonds is 4. The van der Waals surface area contributed by atoms with E-state index >= 15 is 0 Å². The molecule has 0 atom stereocenters. The average molecular weight is 279 g/mol. The summed E-state index contributed by atoms with van der Waals surface area (Å²) in [5, 5.41) is 5.76. The fourth-order valence-electron chi connectivity index (χ4n) is 2.05. The number of aryl methyl sites for hydroxylation is 2. The zero-order valence-electron chi connectivity index (χ0n) is 9.81. The van der Waals surface area contributed by atoms with E-state index in [1.165, 1.54) is 34.7 Å². The van der Waals surface area contributed by atoms with E-state index in [9.17, 15) is 4.79 Å². The van der Waals surface area contributed by atoms with Crippen molar-refractivity contribution in [3.63, 3.8) is 0 Å². The second-order valence-electron chi connectivity index (χ2n) is 4.21. The van der Waals surface area contributed by atoms with Crippen LogP contribution in [0.3, 0.4) is 0 Å². The van der Waals surface area contributed by atoms with Crippen molar-refractivity contribution < 1.29 is 4.79 Å². The molecule has 6 heteroatoms. The monoisotopic (exact) mass is 279 g/mol. The summed E-state index contributed by atoms with van der Waals surface area (Å²) in [6.07, 6.45) is 4.36. The van der Waals surface area contributed by atoms with Crippen LogP contribution in [0.1, 0.15) is 32.5 Å². The highest BCUT2D eigenvalue weighted by Crippen LogP contribution is 2.27. The van der Waals surface area contributed by atoms with E-state index in [0.717, 1.165) is 17.8 Å². The Kier molecular flexibility index (Phi) is 3.38. The Morgan fingerprint density at radius 1 is 1.44 bits per heavy atom. The van der Waals surface area contributed by atoms with Gasteiger partial charge in [-0.2, -0.15) is 0 Å². The van der Waals surface area contributed by atoms with E-state index in [1.54, 1.807) is 22.2 Å². The zero-order valence-corrected chi connectivity index (χ0v) is 11.4. The lowest BCUT2D eigenvalue weighted by Crippen LogP contribution is -2.25. The van der Waals surface area contributed by atoms with Crippen LogP contribution in [0.25, 0.3) is 0 Å². The van der Waals surface area contributed by atoms with Crippen LogP contribution in [-0.4, -0.2) is 22.4 Å². The minimum atomic E-state index is -0.0969. The van der Waals surface area contributed by atoms with Crippen molar-refractivity contribution in [3.05, 3.63) is 32.2 Å². The molecule has 1 N–H and O–H groups in total. The van der Waals surface area contributed by atoms with Gasteiger partial charge in [-0.1, -0.05) is 0 Å². The molecule has 1 aliphatic carbocycles. The average Bonchev–Trinajstić information content (AvgIpc) is 3.05. The number of carbonyl (C=O) groups excluding carboxylic acids is 1. The Morgan fingerprint density at radius 3 is 3.17 bits per heavy atom. The minimum absolute atomic E-state index is 0.0969. The summed E-state index contributed by atoms with van der Waals surface area (Å²) in [5.41, 5.74) is 3.45. The van der Waals surface area contributed by atoms with Crippen LogP contribution >= 0.6 is 22.7 Å². The molecule has 94 valence electrons. The zero-order chi connectivity index (χ0) is 12.4. The van der Waals surface area contributed by atoms with Crippen molar-refractivity contribution in [2.45, 2.75) is 25.7 Å². The Labute approximate surface area is 113 Å². The number of fused-ring (bicyclic) bond motifs is 1. The number of amides is 1. The molecule has 0 aromatic carbocycles. The molecule has 0 unspecified atom stereocenters. The molecule has 0 spiro atoms. The topological polar surface area (TPSA) is 54.9 Å². The van der Waals surface area contributed by atoms with Crippen molar-refractivity contribution >= 4 is 28.6 Å². The highest BCUT2D eigenvalue weighted by Gasteiger charge is 2.16. The van der Waals surface area contributed by atoms with Crippen LogP contribution in [0.5, 0.6) is 0 Å². The summed E-state index contributed by atoms with van der Waals surface area (Å²) in [6, 6.07) is 0. The maximum atomic E-state index is 11.7. The third-order valence-corrected chi connectivity index (χ3v) is 4.73. The lowest BCUT2D eigenvalue weighted by molar-refractivity contribution is 0.0950. The lowest BCUT2D eigenvalue weighted by Gasteiger charge is -2.00. The van der Waals surface area contributed by atoms with E-state index in [-0.39, 0.29) is 5.91 Å². The maximum Gasteiger partial charge on any atom is 0.270 e. The Hall–Kier alpha value is -1.27. The second-order valence-corrected chi connectivity index (χ2v) is 6.10. The van der Waals surface area contributed by atoms with Crippen LogP contribution in [0.2, 0.25) is 0 Å². The lowest BCUT2D eigenvalue weighted by atomic mass is 10.3. The third-order valence-electron chi connectivity index (χ3n) is 2.93. The van der Waals surface area contributed by atoms with E-state index in [0.29, 0.717) is 12.2 Å². The fourth-order valence-corrected chi connectivity index (χ4v) is 3.74. The Morgan fingerprint density at radius 2 is 2.39 bits per heavy atom. The largest absolute Gasteiger partial charge is 0.350 e. The van der Waals surface area contributed by atoms with Gasteiger partial charge in [0.1, 0.15) is 5.69 Å². The van der Waals surface area contributed by atoms with Crippen LogP contribution in [-0.2, 0) is 19.3 Å². The molecular formula is C12H13N3OS2. The van der Waals surface area contributed by atoms with Gasteiger partial charge in [-0.3, -0.25) is 4.79 Å². The normalized spacial score (nSPS) is 13.6. The van der Waals surface area contributed by atoms with Gasteiger partial charge in [0.2, 0.25) is 0 Å². The number of hydrogen-bond acceptors (Lipinski definition) is 5. The summed E-state index contributed by atoms with van der Waals surface area (Å²) in [4.78, 5) is 21.7. The molecule has 0 radical (unpaired) electrons. The van der Waals surface area contributed by atoms with Crippen LogP contribution in [0.4, 0.5) is 0 Å². The van der Waals surface area contributed by atoms with E-state index in [2.05, 4.69) is 15.3 Å². The molecular weight excluding hydrogens is 266 g/mol. The molecule has 18 heavy (non-hydrogen) atoms. The predicted octanol–water partition coefficient (Wildman–Crippen LogP) is 2.06. The molecule has 0 aliphatic heterocycles. The van der Waals surface area contributed by atoms with Crippen molar-refractivity contribution in [1.29, 1.82) is 0 Å². The summed E-state index contributed by atoms with van der Waals surface area (Å²) in [7, 11) is 0. The first-order valence-electron chi connectivity index (χ1n) is 5.97. The molecule has 2 aromatic rings. The Balaban J connectivity index is 1.51. The maximum absolute atomic E-state index is 11.7. The number of hydrogen-bond donors (Lipinski definition) is 1. The number of nitrogens with one attached hydrogen (secondary N) is 1. The van der Waals surface area contributed by atoms with Crippen LogP contribution in [0, 0.1) is 0 Å². The van der Waals surface area contributed by atoms with Gasteiger partial charge in [0.05, 0.1) is 16.2 Å². The van der Waals surface area contributed by atoms with Gasteiger partial charge < -0.3 is 5.32 Å². The highest BCUT2D eigenvalue weighted by atomic mass is 32.1. The molecule has 4 nitrogen and oxygen atoms in total. The van der Waals surface area contributed by atoms with E-state index in [1.807, 2.05) is 0 Å². The number of nitrogens with zero attached hydrogens (tertiary/aromatic N) is 2. The predicted molar refractivity (Wildman–Crippen MR) is 72.3 cm³/mol. The molecule has 2 aromatic heterocycles. The van der Waals surface area contributed by atoms with Crippen molar-refractivity contribution in [3.8, 4) is 0 Å². The van der Waals surface area contributed by atoms with E-state index in [4.69, 9.17) is 0 Å². The fraction of sp³-hybridized carbons (Fsp3) is 0.417. The standard InChI is InChI=1S/C12H13N3OS2/c16-12(9-6-17-7-14-9)13-5-4-11-15-8-2-1-3-10(8)18-11/h6-7H,1-5H2,(H,13,16). The van der Waals surface area contributed by atoms with Gasteiger partial charge in [-0.05, 0) is 19.3 Å². The van der Waals surface area contributed by atoms with Crippen molar-refractivity contribution in [1.82, 2.24) is 15.3 Å². The summed E-state index contributed by atoms with van der Waals surface area (Å²) in [5.74, 6) is -0.0969. The first-order chi connectivity index (χ1) is 8.83. The molecule has 0 saturated heterocycles. The first kappa shape index (κ1) is 11.8. The highest BCUT2D eigenvalue weighted by molar-refractivity contribution is 7.11. The van der Waals surface area contributed by atoms with Crippen LogP contribution < -0.4 is 5.32 Å². The second kappa shape index (κ2) is 5.16. The molecule has 1 aliphatic rings. The Bertz CT molecular complexity index is 526. The third kappa shape index (κ3) is 2.44.